The fourth-order valence-electron chi connectivity index (χ4n) is 2.47. The van der Waals surface area contributed by atoms with E-state index in [0.717, 1.165) is 25.9 Å². The number of anilines is 1. The zero-order valence-electron chi connectivity index (χ0n) is 14.2. The Balaban J connectivity index is 2.13. The maximum absolute atomic E-state index is 12.6. The number of benzene rings is 1. The molecule has 1 aromatic heterocycles. The van der Waals surface area contributed by atoms with E-state index in [-0.39, 0.29) is 11.8 Å². The molecule has 0 saturated carbocycles. The standard InChI is InChI=1S/C19H23N3O2/c1-3-11-22(12-4-2)19(24)15-7-5-9-17(13-15)21-18(23)16-8-6-10-20-14-16/h5-10,13-14H,3-4,11-12H2,1-2H3,(H,21,23). The first-order valence-electron chi connectivity index (χ1n) is 8.26. The molecule has 5 heteroatoms. The average molecular weight is 325 g/mol. The van der Waals surface area contributed by atoms with E-state index in [0.29, 0.717) is 16.8 Å². The van der Waals surface area contributed by atoms with E-state index in [1.54, 1.807) is 42.6 Å². The zero-order valence-corrected chi connectivity index (χ0v) is 14.2. The molecule has 2 rings (SSSR count). The van der Waals surface area contributed by atoms with Gasteiger partial charge in [-0.05, 0) is 43.2 Å². The molecule has 2 amide bonds. The molecule has 0 spiro atoms. The van der Waals surface area contributed by atoms with E-state index in [2.05, 4.69) is 24.1 Å². The first-order chi connectivity index (χ1) is 11.7. The van der Waals surface area contributed by atoms with Crippen molar-refractivity contribution < 1.29 is 9.59 Å². The molecule has 0 aliphatic carbocycles. The lowest BCUT2D eigenvalue weighted by atomic mass is 10.1. The summed E-state index contributed by atoms with van der Waals surface area (Å²) < 4.78 is 0. The Morgan fingerprint density at radius 2 is 1.75 bits per heavy atom. The van der Waals surface area contributed by atoms with Crippen LogP contribution >= 0.6 is 0 Å². The van der Waals surface area contributed by atoms with Crippen molar-refractivity contribution >= 4 is 17.5 Å². The predicted octanol–water partition coefficient (Wildman–Crippen LogP) is 3.60. The number of carbonyl (C=O) groups excluding carboxylic acids is 2. The Morgan fingerprint density at radius 1 is 1.04 bits per heavy atom. The van der Waals surface area contributed by atoms with Crippen molar-refractivity contribution in [1.29, 1.82) is 0 Å². The summed E-state index contributed by atoms with van der Waals surface area (Å²) in [7, 11) is 0. The highest BCUT2D eigenvalue weighted by Crippen LogP contribution is 2.14. The van der Waals surface area contributed by atoms with Gasteiger partial charge in [-0.2, -0.15) is 0 Å². The summed E-state index contributed by atoms with van der Waals surface area (Å²) in [6, 6.07) is 10.5. The number of aromatic nitrogens is 1. The van der Waals surface area contributed by atoms with Gasteiger partial charge in [0.05, 0.1) is 5.56 Å². The van der Waals surface area contributed by atoms with Gasteiger partial charge in [0, 0.05) is 36.7 Å². The minimum atomic E-state index is -0.244. The average Bonchev–Trinajstić information content (AvgIpc) is 2.62. The van der Waals surface area contributed by atoms with Gasteiger partial charge < -0.3 is 10.2 Å². The van der Waals surface area contributed by atoms with Gasteiger partial charge in [0.1, 0.15) is 0 Å². The summed E-state index contributed by atoms with van der Waals surface area (Å²) in [6.07, 6.45) is 4.97. The van der Waals surface area contributed by atoms with Crippen molar-refractivity contribution in [2.45, 2.75) is 26.7 Å². The van der Waals surface area contributed by atoms with Gasteiger partial charge >= 0.3 is 0 Å². The van der Waals surface area contributed by atoms with E-state index in [1.807, 2.05) is 4.90 Å². The van der Waals surface area contributed by atoms with Gasteiger partial charge in [-0.15, -0.1) is 0 Å². The number of nitrogens with one attached hydrogen (secondary N) is 1. The molecule has 0 fully saturated rings. The van der Waals surface area contributed by atoms with E-state index in [1.165, 1.54) is 6.20 Å². The van der Waals surface area contributed by atoms with Gasteiger partial charge in [-0.3, -0.25) is 14.6 Å². The highest BCUT2D eigenvalue weighted by Gasteiger charge is 2.15. The summed E-state index contributed by atoms with van der Waals surface area (Å²) in [5.41, 5.74) is 1.66. The van der Waals surface area contributed by atoms with Crippen molar-refractivity contribution in [2.75, 3.05) is 18.4 Å². The normalized spacial score (nSPS) is 10.2. The molecule has 0 aliphatic heterocycles. The highest BCUT2D eigenvalue weighted by atomic mass is 16.2. The van der Waals surface area contributed by atoms with Gasteiger partial charge in [-0.1, -0.05) is 19.9 Å². The van der Waals surface area contributed by atoms with Gasteiger partial charge in [0.25, 0.3) is 11.8 Å². The van der Waals surface area contributed by atoms with Crippen LogP contribution in [0.3, 0.4) is 0 Å². The van der Waals surface area contributed by atoms with Crippen LogP contribution < -0.4 is 5.32 Å². The number of carbonyl (C=O) groups is 2. The van der Waals surface area contributed by atoms with E-state index >= 15 is 0 Å². The highest BCUT2D eigenvalue weighted by molar-refractivity contribution is 6.04. The van der Waals surface area contributed by atoms with Crippen LogP contribution in [-0.4, -0.2) is 34.8 Å². The second-order valence-corrected chi connectivity index (χ2v) is 5.57. The lowest BCUT2D eigenvalue weighted by Crippen LogP contribution is -2.32. The Hall–Kier alpha value is -2.69. The number of hydrogen-bond acceptors (Lipinski definition) is 3. The molecule has 0 radical (unpaired) electrons. The molecule has 1 N–H and O–H groups in total. The van der Waals surface area contributed by atoms with E-state index < -0.39 is 0 Å². The molecule has 5 nitrogen and oxygen atoms in total. The largest absolute Gasteiger partial charge is 0.339 e. The number of rotatable bonds is 7. The number of hydrogen-bond donors (Lipinski definition) is 1. The molecule has 0 bridgehead atoms. The zero-order chi connectivity index (χ0) is 17.4. The van der Waals surface area contributed by atoms with Crippen LogP contribution in [0.25, 0.3) is 0 Å². The first kappa shape index (κ1) is 17.7. The number of amides is 2. The molecule has 1 aromatic carbocycles. The smallest absolute Gasteiger partial charge is 0.257 e. The van der Waals surface area contributed by atoms with Crippen molar-refractivity contribution in [2.24, 2.45) is 0 Å². The van der Waals surface area contributed by atoms with Gasteiger partial charge in [0.2, 0.25) is 0 Å². The Kier molecular flexibility index (Phi) is 6.49. The van der Waals surface area contributed by atoms with Gasteiger partial charge in [-0.25, -0.2) is 0 Å². The second kappa shape index (κ2) is 8.82. The summed E-state index contributed by atoms with van der Waals surface area (Å²) >= 11 is 0. The third kappa shape index (κ3) is 4.65. The molecule has 2 aromatic rings. The molecule has 126 valence electrons. The van der Waals surface area contributed by atoms with Crippen LogP contribution in [0.1, 0.15) is 47.4 Å². The SMILES string of the molecule is CCCN(CCC)C(=O)c1cccc(NC(=O)c2cccnc2)c1. The predicted molar refractivity (Wildman–Crippen MR) is 95.1 cm³/mol. The summed E-state index contributed by atoms with van der Waals surface area (Å²) in [6.45, 7) is 5.58. The molecular formula is C19H23N3O2. The van der Waals surface area contributed by atoms with Crippen LogP contribution in [0.5, 0.6) is 0 Å². The van der Waals surface area contributed by atoms with Crippen LogP contribution in [0.4, 0.5) is 5.69 Å². The third-order valence-corrected chi connectivity index (χ3v) is 3.57. The molecule has 0 saturated heterocycles. The van der Waals surface area contributed by atoms with Crippen molar-refractivity contribution in [3.8, 4) is 0 Å². The first-order valence-corrected chi connectivity index (χ1v) is 8.26. The second-order valence-electron chi connectivity index (χ2n) is 5.57. The number of nitrogens with zero attached hydrogens (tertiary/aromatic N) is 2. The van der Waals surface area contributed by atoms with Crippen molar-refractivity contribution in [3.63, 3.8) is 0 Å². The minimum absolute atomic E-state index is 0.00354. The van der Waals surface area contributed by atoms with Crippen LogP contribution in [0.2, 0.25) is 0 Å². The molecule has 0 atom stereocenters. The summed E-state index contributed by atoms with van der Waals surface area (Å²) in [5, 5.41) is 2.81. The lowest BCUT2D eigenvalue weighted by Gasteiger charge is -2.21. The summed E-state index contributed by atoms with van der Waals surface area (Å²) in [5.74, 6) is -0.247. The third-order valence-electron chi connectivity index (χ3n) is 3.57. The topological polar surface area (TPSA) is 62.3 Å². The van der Waals surface area contributed by atoms with Crippen molar-refractivity contribution in [3.05, 3.63) is 59.9 Å². The maximum Gasteiger partial charge on any atom is 0.257 e. The molecule has 1 heterocycles. The Labute approximate surface area is 142 Å². The molecule has 0 aliphatic rings. The van der Waals surface area contributed by atoms with Crippen LogP contribution in [-0.2, 0) is 0 Å². The minimum Gasteiger partial charge on any atom is -0.339 e. The monoisotopic (exact) mass is 325 g/mol. The Bertz CT molecular complexity index is 680. The fourth-order valence-corrected chi connectivity index (χ4v) is 2.47. The van der Waals surface area contributed by atoms with E-state index in [4.69, 9.17) is 0 Å². The van der Waals surface area contributed by atoms with Crippen LogP contribution in [0.15, 0.2) is 48.8 Å². The Morgan fingerprint density at radius 3 is 2.38 bits per heavy atom. The fraction of sp³-hybridized carbons (Fsp3) is 0.316. The van der Waals surface area contributed by atoms with Crippen LogP contribution in [0, 0.1) is 0 Å². The van der Waals surface area contributed by atoms with Crippen molar-refractivity contribution in [1.82, 2.24) is 9.88 Å². The summed E-state index contributed by atoms with van der Waals surface area (Å²) in [4.78, 5) is 30.6. The molecule has 24 heavy (non-hydrogen) atoms. The molecule has 0 unspecified atom stereocenters. The number of pyridine rings is 1. The maximum atomic E-state index is 12.6. The van der Waals surface area contributed by atoms with Gasteiger partial charge in [0.15, 0.2) is 0 Å². The van der Waals surface area contributed by atoms with E-state index in [9.17, 15) is 9.59 Å². The lowest BCUT2D eigenvalue weighted by molar-refractivity contribution is 0.0755. The molecular weight excluding hydrogens is 302 g/mol. The quantitative estimate of drug-likeness (QED) is 0.846.